The van der Waals surface area contributed by atoms with E-state index in [0.29, 0.717) is 12.8 Å². The summed E-state index contributed by atoms with van der Waals surface area (Å²) in [5.41, 5.74) is 0.497. The summed E-state index contributed by atoms with van der Waals surface area (Å²) in [7, 11) is 1.71. The van der Waals surface area contributed by atoms with Gasteiger partial charge in [-0.3, -0.25) is 4.79 Å². The fourth-order valence-electron chi connectivity index (χ4n) is 2.94. The van der Waals surface area contributed by atoms with E-state index in [0.717, 1.165) is 18.6 Å². The van der Waals surface area contributed by atoms with Crippen molar-refractivity contribution in [3.63, 3.8) is 0 Å². The Kier molecular flexibility index (Phi) is 5.23. The molecular formula is C17H25NO3. The van der Waals surface area contributed by atoms with Crippen LogP contribution in [0.15, 0.2) is 24.3 Å². The average molecular weight is 291 g/mol. The van der Waals surface area contributed by atoms with Crippen LogP contribution in [0.5, 0.6) is 5.75 Å². The minimum atomic E-state index is -0.828. The van der Waals surface area contributed by atoms with Gasteiger partial charge in [-0.1, -0.05) is 25.5 Å². The number of nitrogens with one attached hydrogen (secondary N) is 1. The van der Waals surface area contributed by atoms with E-state index in [9.17, 15) is 9.90 Å². The van der Waals surface area contributed by atoms with E-state index < -0.39 is 11.5 Å². The fourth-order valence-corrected chi connectivity index (χ4v) is 2.94. The minimum Gasteiger partial charge on any atom is -0.490 e. The van der Waals surface area contributed by atoms with E-state index in [1.165, 1.54) is 18.4 Å². The van der Waals surface area contributed by atoms with E-state index in [-0.39, 0.29) is 6.10 Å². The van der Waals surface area contributed by atoms with Gasteiger partial charge in [0, 0.05) is 6.42 Å². The summed E-state index contributed by atoms with van der Waals surface area (Å²) < 4.78 is 5.94. The lowest BCUT2D eigenvalue weighted by molar-refractivity contribution is -0.144. The highest BCUT2D eigenvalue weighted by Gasteiger charge is 2.45. The van der Waals surface area contributed by atoms with Gasteiger partial charge in [0.2, 0.25) is 0 Å². The number of carboxylic acid groups (broad SMARTS) is 1. The van der Waals surface area contributed by atoms with Crippen LogP contribution in [0.4, 0.5) is 0 Å². The molecule has 1 aliphatic rings. The van der Waals surface area contributed by atoms with Crippen LogP contribution in [-0.4, -0.2) is 29.8 Å². The number of aliphatic carboxylic acids is 1. The van der Waals surface area contributed by atoms with E-state index in [1.54, 1.807) is 7.05 Å². The van der Waals surface area contributed by atoms with E-state index in [1.807, 2.05) is 12.1 Å². The lowest BCUT2D eigenvalue weighted by Crippen LogP contribution is -2.48. The molecule has 1 aromatic rings. The summed E-state index contributed by atoms with van der Waals surface area (Å²) in [6.45, 7) is 2.19. The summed E-state index contributed by atoms with van der Waals surface area (Å²) in [6.07, 6.45) is 5.35. The molecular weight excluding hydrogens is 266 g/mol. The maximum absolute atomic E-state index is 11.4. The Morgan fingerprint density at radius 2 is 2.14 bits per heavy atom. The predicted octanol–water partition coefficient (Wildman–Crippen LogP) is 3.00. The molecule has 1 fully saturated rings. The zero-order valence-electron chi connectivity index (χ0n) is 12.9. The van der Waals surface area contributed by atoms with Crippen molar-refractivity contribution in [1.29, 1.82) is 0 Å². The molecule has 2 unspecified atom stereocenters. The highest BCUT2D eigenvalue weighted by atomic mass is 16.5. The molecule has 0 spiro atoms. The van der Waals surface area contributed by atoms with Gasteiger partial charge < -0.3 is 15.2 Å². The highest BCUT2D eigenvalue weighted by Crippen LogP contribution is 2.33. The van der Waals surface area contributed by atoms with Crippen molar-refractivity contribution in [3.8, 4) is 5.75 Å². The van der Waals surface area contributed by atoms with Crippen molar-refractivity contribution < 1.29 is 14.6 Å². The number of rotatable bonds is 7. The van der Waals surface area contributed by atoms with Crippen LogP contribution in [0.1, 0.15) is 44.6 Å². The van der Waals surface area contributed by atoms with Crippen molar-refractivity contribution >= 4 is 5.97 Å². The number of benzene rings is 1. The molecule has 0 aliphatic heterocycles. The Hall–Kier alpha value is -1.55. The fraction of sp³-hybridized carbons (Fsp3) is 0.588. The van der Waals surface area contributed by atoms with Gasteiger partial charge in [0.1, 0.15) is 17.4 Å². The van der Waals surface area contributed by atoms with Crippen LogP contribution in [0.3, 0.4) is 0 Å². The first kappa shape index (κ1) is 15.8. The van der Waals surface area contributed by atoms with Gasteiger partial charge in [-0.2, -0.15) is 0 Å². The second-order valence-corrected chi connectivity index (χ2v) is 5.87. The number of hydrogen-bond acceptors (Lipinski definition) is 3. The van der Waals surface area contributed by atoms with E-state index in [4.69, 9.17) is 4.74 Å². The number of unbranched alkanes of at least 4 members (excludes halogenated alkanes) is 1. The van der Waals surface area contributed by atoms with Crippen molar-refractivity contribution in [2.75, 3.05) is 7.05 Å². The summed E-state index contributed by atoms with van der Waals surface area (Å²) in [4.78, 5) is 11.4. The second-order valence-electron chi connectivity index (χ2n) is 5.87. The van der Waals surface area contributed by atoms with Crippen molar-refractivity contribution in [2.45, 2.75) is 57.1 Å². The summed E-state index contributed by atoms with van der Waals surface area (Å²) >= 11 is 0. The SMILES string of the molecule is CCCCc1ccc(OC2CCC(NC)(C(=O)O)C2)cc1. The molecule has 1 aliphatic carbocycles. The van der Waals surface area contributed by atoms with Crippen LogP contribution in [-0.2, 0) is 11.2 Å². The third-order valence-electron chi connectivity index (χ3n) is 4.40. The van der Waals surface area contributed by atoms with Gasteiger partial charge in [0.25, 0.3) is 0 Å². The predicted molar refractivity (Wildman–Crippen MR) is 82.7 cm³/mol. The number of carbonyl (C=O) groups is 1. The smallest absolute Gasteiger partial charge is 0.324 e. The molecule has 4 heteroatoms. The van der Waals surface area contributed by atoms with Gasteiger partial charge in [-0.05, 0) is 50.4 Å². The second kappa shape index (κ2) is 6.94. The van der Waals surface area contributed by atoms with Gasteiger partial charge in [0.05, 0.1) is 0 Å². The molecule has 2 N–H and O–H groups in total. The van der Waals surface area contributed by atoms with Crippen LogP contribution in [0, 0.1) is 0 Å². The zero-order chi connectivity index (χ0) is 15.3. The lowest BCUT2D eigenvalue weighted by atomic mass is 9.98. The van der Waals surface area contributed by atoms with Crippen LogP contribution < -0.4 is 10.1 Å². The molecule has 21 heavy (non-hydrogen) atoms. The maximum atomic E-state index is 11.4. The molecule has 0 amide bonds. The molecule has 1 aromatic carbocycles. The quantitative estimate of drug-likeness (QED) is 0.811. The van der Waals surface area contributed by atoms with E-state index in [2.05, 4.69) is 24.4 Å². The third-order valence-corrected chi connectivity index (χ3v) is 4.40. The molecule has 2 rings (SSSR count). The maximum Gasteiger partial charge on any atom is 0.324 e. The Morgan fingerprint density at radius 3 is 2.67 bits per heavy atom. The van der Waals surface area contributed by atoms with Crippen LogP contribution >= 0.6 is 0 Å². The first-order valence-corrected chi connectivity index (χ1v) is 7.77. The van der Waals surface area contributed by atoms with Crippen LogP contribution in [0.2, 0.25) is 0 Å². The Balaban J connectivity index is 1.92. The molecule has 2 atom stereocenters. The normalized spacial score (nSPS) is 25.0. The Morgan fingerprint density at radius 1 is 1.43 bits per heavy atom. The average Bonchev–Trinajstić information content (AvgIpc) is 2.91. The molecule has 0 radical (unpaired) electrons. The molecule has 0 saturated heterocycles. The Labute approximate surface area is 126 Å². The van der Waals surface area contributed by atoms with Gasteiger partial charge >= 0.3 is 5.97 Å². The monoisotopic (exact) mass is 291 g/mol. The summed E-state index contributed by atoms with van der Waals surface area (Å²) in [5, 5.41) is 12.3. The zero-order valence-corrected chi connectivity index (χ0v) is 12.9. The standard InChI is InChI=1S/C17H25NO3/c1-3-4-5-13-6-8-14(9-7-13)21-15-10-11-17(12-15,18-2)16(19)20/h6-9,15,18H,3-5,10-12H2,1-2H3,(H,19,20). The number of hydrogen-bond donors (Lipinski definition) is 2. The van der Waals surface area contributed by atoms with Gasteiger partial charge in [0.15, 0.2) is 0 Å². The molecule has 0 bridgehead atoms. The van der Waals surface area contributed by atoms with Gasteiger partial charge in [-0.15, -0.1) is 0 Å². The number of carboxylic acids is 1. The molecule has 4 nitrogen and oxygen atoms in total. The molecule has 0 aromatic heterocycles. The molecule has 0 heterocycles. The first-order chi connectivity index (χ1) is 10.1. The number of likely N-dealkylation sites (N-methyl/N-ethyl adjacent to an activating group) is 1. The number of ether oxygens (including phenoxy) is 1. The highest BCUT2D eigenvalue weighted by molar-refractivity contribution is 5.79. The summed E-state index contributed by atoms with van der Waals surface area (Å²) in [6, 6.07) is 8.18. The first-order valence-electron chi connectivity index (χ1n) is 7.77. The van der Waals surface area contributed by atoms with Crippen molar-refractivity contribution in [3.05, 3.63) is 29.8 Å². The van der Waals surface area contributed by atoms with Gasteiger partial charge in [-0.25, -0.2) is 0 Å². The minimum absolute atomic E-state index is 0.0324. The largest absolute Gasteiger partial charge is 0.490 e. The van der Waals surface area contributed by atoms with E-state index >= 15 is 0 Å². The summed E-state index contributed by atoms with van der Waals surface area (Å²) in [5.74, 6) is 0.0450. The van der Waals surface area contributed by atoms with Crippen LogP contribution in [0.25, 0.3) is 0 Å². The number of aryl methyl sites for hydroxylation is 1. The van der Waals surface area contributed by atoms with Crippen molar-refractivity contribution in [1.82, 2.24) is 5.32 Å². The lowest BCUT2D eigenvalue weighted by Gasteiger charge is -2.23. The molecule has 1 saturated carbocycles. The van der Waals surface area contributed by atoms with Crippen molar-refractivity contribution in [2.24, 2.45) is 0 Å². The Bertz CT molecular complexity index is 471. The molecule has 116 valence electrons. The topological polar surface area (TPSA) is 58.6 Å². The third kappa shape index (κ3) is 3.76.